The Kier molecular flexibility index (Phi) is 7.44. The first-order valence-corrected chi connectivity index (χ1v) is 10.4. The van der Waals surface area contributed by atoms with Crippen molar-refractivity contribution in [2.24, 2.45) is 5.92 Å². The monoisotopic (exact) mass is 416 g/mol. The van der Waals surface area contributed by atoms with Gasteiger partial charge in [-0.15, -0.1) is 0 Å². The van der Waals surface area contributed by atoms with Gasteiger partial charge in [-0.2, -0.15) is 0 Å². The molecule has 0 saturated carbocycles. The lowest BCUT2D eigenvalue weighted by atomic mass is 10.1. The molecule has 0 spiro atoms. The van der Waals surface area contributed by atoms with E-state index in [9.17, 15) is 9.59 Å². The standard InChI is InChI=1S/C26H28N2O3/c1-19(2)18-31-22-15-13-21(14-16-22)25(29)27-24-12-8-7-11-23(24)26(30)28(3)17-20-9-5-4-6-10-20/h4-16,19H,17-18H2,1-3H3,(H,27,29). The highest BCUT2D eigenvalue weighted by Crippen LogP contribution is 2.20. The smallest absolute Gasteiger partial charge is 0.256 e. The average Bonchev–Trinajstić information content (AvgIpc) is 2.78. The molecule has 0 aliphatic heterocycles. The van der Waals surface area contributed by atoms with Crippen LogP contribution < -0.4 is 10.1 Å². The van der Waals surface area contributed by atoms with Crippen LogP contribution in [0, 0.1) is 5.92 Å². The van der Waals surface area contributed by atoms with Crippen LogP contribution in [0.3, 0.4) is 0 Å². The van der Waals surface area contributed by atoms with Gasteiger partial charge >= 0.3 is 0 Å². The van der Waals surface area contributed by atoms with Gasteiger partial charge in [-0.05, 0) is 47.9 Å². The van der Waals surface area contributed by atoms with Gasteiger partial charge in [-0.1, -0.05) is 56.3 Å². The Morgan fingerprint density at radius 3 is 2.23 bits per heavy atom. The molecule has 0 atom stereocenters. The first kappa shape index (κ1) is 22.1. The Labute approximate surface area is 183 Å². The number of carbonyl (C=O) groups excluding carboxylic acids is 2. The lowest BCUT2D eigenvalue weighted by Gasteiger charge is -2.19. The van der Waals surface area contributed by atoms with E-state index in [1.54, 1.807) is 60.5 Å². The second-order valence-corrected chi connectivity index (χ2v) is 7.88. The number of carbonyl (C=O) groups is 2. The zero-order valence-corrected chi connectivity index (χ0v) is 18.2. The Morgan fingerprint density at radius 1 is 0.903 bits per heavy atom. The molecule has 3 rings (SSSR count). The maximum Gasteiger partial charge on any atom is 0.256 e. The molecule has 2 amide bonds. The van der Waals surface area contributed by atoms with Crippen LogP contribution in [0.25, 0.3) is 0 Å². The highest BCUT2D eigenvalue weighted by molar-refractivity contribution is 6.09. The molecule has 0 saturated heterocycles. The number of nitrogens with zero attached hydrogens (tertiary/aromatic N) is 1. The molecule has 1 N–H and O–H groups in total. The number of ether oxygens (including phenoxy) is 1. The van der Waals surface area contributed by atoms with E-state index in [1.165, 1.54) is 0 Å². The van der Waals surface area contributed by atoms with E-state index in [1.807, 2.05) is 30.3 Å². The summed E-state index contributed by atoms with van der Waals surface area (Å²) in [6.45, 7) is 5.27. The topological polar surface area (TPSA) is 58.6 Å². The van der Waals surface area contributed by atoms with Crippen molar-refractivity contribution >= 4 is 17.5 Å². The normalized spacial score (nSPS) is 10.6. The van der Waals surface area contributed by atoms with Crippen molar-refractivity contribution in [3.8, 4) is 5.75 Å². The highest BCUT2D eigenvalue weighted by Gasteiger charge is 2.17. The van der Waals surface area contributed by atoms with Gasteiger partial charge in [-0.3, -0.25) is 9.59 Å². The number of hydrogen-bond acceptors (Lipinski definition) is 3. The van der Waals surface area contributed by atoms with E-state index < -0.39 is 0 Å². The molecular weight excluding hydrogens is 388 g/mol. The van der Waals surface area contributed by atoms with Gasteiger partial charge in [0.1, 0.15) is 5.75 Å². The molecule has 3 aromatic rings. The highest BCUT2D eigenvalue weighted by atomic mass is 16.5. The van der Waals surface area contributed by atoms with Gasteiger partial charge in [0.05, 0.1) is 17.9 Å². The summed E-state index contributed by atoms with van der Waals surface area (Å²) in [5.41, 5.74) is 2.47. The van der Waals surface area contributed by atoms with Crippen LogP contribution in [-0.2, 0) is 6.54 Å². The number of para-hydroxylation sites is 1. The summed E-state index contributed by atoms with van der Waals surface area (Å²) in [5, 5.41) is 2.87. The fraction of sp³-hybridized carbons (Fsp3) is 0.231. The molecule has 160 valence electrons. The summed E-state index contributed by atoms with van der Waals surface area (Å²) in [7, 11) is 1.75. The summed E-state index contributed by atoms with van der Waals surface area (Å²) in [5.74, 6) is 0.721. The maximum absolute atomic E-state index is 13.0. The summed E-state index contributed by atoms with van der Waals surface area (Å²) < 4.78 is 5.66. The number of benzene rings is 3. The largest absolute Gasteiger partial charge is 0.493 e. The minimum atomic E-state index is -0.277. The molecule has 31 heavy (non-hydrogen) atoms. The fourth-order valence-corrected chi connectivity index (χ4v) is 3.07. The molecule has 0 unspecified atom stereocenters. The van der Waals surface area contributed by atoms with Gasteiger partial charge in [-0.25, -0.2) is 0 Å². The predicted molar refractivity (Wildman–Crippen MR) is 123 cm³/mol. The average molecular weight is 417 g/mol. The van der Waals surface area contributed by atoms with Crippen molar-refractivity contribution in [1.29, 1.82) is 0 Å². The van der Waals surface area contributed by atoms with E-state index in [-0.39, 0.29) is 11.8 Å². The van der Waals surface area contributed by atoms with Gasteiger partial charge in [0.2, 0.25) is 0 Å². The van der Waals surface area contributed by atoms with Crippen LogP contribution in [0.2, 0.25) is 0 Å². The second kappa shape index (κ2) is 10.4. The Morgan fingerprint density at radius 2 is 1.55 bits per heavy atom. The van der Waals surface area contributed by atoms with Crippen molar-refractivity contribution in [3.63, 3.8) is 0 Å². The molecular formula is C26H28N2O3. The molecule has 0 fully saturated rings. The van der Waals surface area contributed by atoms with Gasteiger partial charge in [0.15, 0.2) is 0 Å². The number of amides is 2. The molecule has 0 bridgehead atoms. The third kappa shape index (κ3) is 6.19. The predicted octanol–water partition coefficient (Wildman–Crippen LogP) is 5.25. The zero-order valence-electron chi connectivity index (χ0n) is 18.2. The Bertz CT molecular complexity index is 1010. The van der Waals surface area contributed by atoms with Crippen molar-refractivity contribution in [1.82, 2.24) is 4.90 Å². The van der Waals surface area contributed by atoms with E-state index in [2.05, 4.69) is 19.2 Å². The van der Waals surface area contributed by atoms with Crippen molar-refractivity contribution < 1.29 is 14.3 Å². The number of hydrogen-bond donors (Lipinski definition) is 1. The van der Waals surface area contributed by atoms with Crippen molar-refractivity contribution in [2.45, 2.75) is 20.4 Å². The van der Waals surface area contributed by atoms with Crippen molar-refractivity contribution in [3.05, 3.63) is 95.6 Å². The van der Waals surface area contributed by atoms with Crippen molar-refractivity contribution in [2.75, 3.05) is 19.0 Å². The van der Waals surface area contributed by atoms with Crippen LogP contribution in [0.5, 0.6) is 5.75 Å². The summed E-state index contributed by atoms with van der Waals surface area (Å²) in [4.78, 5) is 27.4. The van der Waals surface area contributed by atoms with E-state index >= 15 is 0 Å². The van der Waals surface area contributed by atoms with Crippen LogP contribution in [-0.4, -0.2) is 30.4 Å². The second-order valence-electron chi connectivity index (χ2n) is 7.88. The third-order valence-electron chi connectivity index (χ3n) is 4.71. The lowest BCUT2D eigenvalue weighted by Crippen LogP contribution is -2.27. The first-order chi connectivity index (χ1) is 14.9. The van der Waals surface area contributed by atoms with Gasteiger partial charge < -0.3 is 15.0 Å². The van der Waals surface area contributed by atoms with Crippen LogP contribution in [0.15, 0.2) is 78.9 Å². The molecule has 0 aliphatic carbocycles. The Balaban J connectivity index is 1.69. The zero-order chi connectivity index (χ0) is 22.2. The van der Waals surface area contributed by atoms with Gasteiger partial charge in [0.25, 0.3) is 11.8 Å². The number of rotatable bonds is 8. The Hall–Kier alpha value is -3.60. The van der Waals surface area contributed by atoms with E-state index in [0.717, 1.165) is 11.3 Å². The van der Waals surface area contributed by atoms with Crippen LogP contribution in [0.1, 0.15) is 40.1 Å². The van der Waals surface area contributed by atoms with E-state index in [0.29, 0.717) is 35.9 Å². The minimum absolute atomic E-state index is 0.155. The summed E-state index contributed by atoms with van der Waals surface area (Å²) in [6, 6.07) is 23.8. The molecule has 0 radical (unpaired) electrons. The first-order valence-electron chi connectivity index (χ1n) is 10.4. The summed E-state index contributed by atoms with van der Waals surface area (Å²) >= 11 is 0. The number of anilines is 1. The molecule has 3 aromatic carbocycles. The fourth-order valence-electron chi connectivity index (χ4n) is 3.07. The van der Waals surface area contributed by atoms with E-state index in [4.69, 9.17) is 4.74 Å². The third-order valence-corrected chi connectivity index (χ3v) is 4.71. The minimum Gasteiger partial charge on any atom is -0.493 e. The lowest BCUT2D eigenvalue weighted by molar-refractivity contribution is 0.0786. The summed E-state index contributed by atoms with van der Waals surface area (Å²) in [6.07, 6.45) is 0. The van der Waals surface area contributed by atoms with Crippen LogP contribution in [0.4, 0.5) is 5.69 Å². The molecule has 0 heterocycles. The molecule has 0 aromatic heterocycles. The SMILES string of the molecule is CC(C)COc1ccc(C(=O)Nc2ccccc2C(=O)N(C)Cc2ccccc2)cc1. The van der Waals surface area contributed by atoms with Gasteiger partial charge in [0, 0.05) is 19.2 Å². The number of nitrogens with one attached hydrogen (secondary N) is 1. The van der Waals surface area contributed by atoms with Crippen LogP contribution >= 0.6 is 0 Å². The maximum atomic E-state index is 13.0. The molecule has 5 nitrogen and oxygen atoms in total. The quantitative estimate of drug-likeness (QED) is 0.546. The molecule has 0 aliphatic rings. The molecule has 5 heteroatoms.